The fourth-order valence-electron chi connectivity index (χ4n) is 2.86. The van der Waals surface area contributed by atoms with E-state index in [0.29, 0.717) is 19.0 Å². The Balaban J connectivity index is 1.73. The Hall–Kier alpha value is -1.01. The summed E-state index contributed by atoms with van der Waals surface area (Å²) in [5.41, 5.74) is 1.04. The Labute approximate surface area is 131 Å². The van der Waals surface area contributed by atoms with Gasteiger partial charge in [-0.15, -0.1) is 0 Å². The van der Waals surface area contributed by atoms with Crippen molar-refractivity contribution in [2.45, 2.75) is 49.8 Å². The van der Waals surface area contributed by atoms with Crippen molar-refractivity contribution < 1.29 is 4.79 Å². The largest absolute Gasteiger partial charge is 0.350 e. The zero-order chi connectivity index (χ0) is 15.2. The molecule has 1 atom stereocenters. The van der Waals surface area contributed by atoms with E-state index < -0.39 is 0 Å². The van der Waals surface area contributed by atoms with Crippen molar-refractivity contribution in [3.8, 4) is 0 Å². The smallest absolute Gasteiger partial charge is 0.220 e. The van der Waals surface area contributed by atoms with Crippen molar-refractivity contribution in [3.05, 3.63) is 11.9 Å². The third-order valence-electron chi connectivity index (χ3n) is 4.32. The molecule has 6 heteroatoms. The van der Waals surface area contributed by atoms with E-state index >= 15 is 0 Å². The molecular weight excluding hydrogens is 284 g/mol. The highest BCUT2D eigenvalue weighted by Gasteiger charge is 2.19. The van der Waals surface area contributed by atoms with Crippen molar-refractivity contribution in [2.75, 3.05) is 19.8 Å². The van der Waals surface area contributed by atoms with Crippen LogP contribution >= 0.6 is 11.8 Å². The number of likely N-dealkylation sites (tertiary alicyclic amines) is 1. The van der Waals surface area contributed by atoms with Gasteiger partial charge in [0.25, 0.3) is 0 Å². The van der Waals surface area contributed by atoms with E-state index in [9.17, 15) is 4.79 Å². The predicted molar refractivity (Wildman–Crippen MR) is 86.3 cm³/mol. The molecule has 1 saturated heterocycles. The van der Waals surface area contributed by atoms with E-state index in [1.807, 2.05) is 24.1 Å². The first-order valence-corrected chi connectivity index (χ1v) is 8.85. The van der Waals surface area contributed by atoms with Crippen LogP contribution < -0.4 is 5.32 Å². The van der Waals surface area contributed by atoms with Gasteiger partial charge in [0.2, 0.25) is 5.91 Å². The Morgan fingerprint density at radius 1 is 1.48 bits per heavy atom. The zero-order valence-corrected chi connectivity index (χ0v) is 14.1. The number of carbonyl (C=O) groups excluding carboxylic acids is 1. The van der Waals surface area contributed by atoms with Gasteiger partial charge < -0.3 is 14.8 Å². The van der Waals surface area contributed by atoms with Crippen LogP contribution in [0.3, 0.4) is 0 Å². The van der Waals surface area contributed by atoms with Gasteiger partial charge >= 0.3 is 0 Å². The molecule has 0 bridgehead atoms. The predicted octanol–water partition coefficient (Wildman–Crippen LogP) is 2.02. The number of hydrogen-bond donors (Lipinski definition) is 1. The Morgan fingerprint density at radius 3 is 2.95 bits per heavy atom. The minimum atomic E-state index is 0.140. The van der Waals surface area contributed by atoms with E-state index in [2.05, 4.69) is 22.2 Å². The number of carbonyl (C=O) groups is 1. The molecule has 0 saturated carbocycles. The van der Waals surface area contributed by atoms with E-state index in [1.54, 1.807) is 11.8 Å². The number of nitrogens with zero attached hydrogens (tertiary/aromatic N) is 3. The molecule has 0 aliphatic carbocycles. The number of rotatable bonds is 6. The lowest BCUT2D eigenvalue weighted by molar-refractivity contribution is -0.121. The fraction of sp³-hybridized carbons (Fsp3) is 0.733. The van der Waals surface area contributed by atoms with Crippen LogP contribution in [0.5, 0.6) is 0 Å². The molecule has 0 radical (unpaired) electrons. The second-order valence-electron chi connectivity index (χ2n) is 5.74. The minimum absolute atomic E-state index is 0.140. The molecule has 1 aliphatic heterocycles. The minimum Gasteiger partial charge on any atom is -0.350 e. The van der Waals surface area contributed by atoms with Crippen LogP contribution in [0.2, 0.25) is 0 Å². The number of amides is 1. The summed E-state index contributed by atoms with van der Waals surface area (Å²) in [6, 6.07) is 0.573. The van der Waals surface area contributed by atoms with Gasteiger partial charge in [-0.05, 0) is 39.1 Å². The molecule has 1 N–H and O–H groups in total. The van der Waals surface area contributed by atoms with Crippen molar-refractivity contribution in [1.29, 1.82) is 0 Å². The molecule has 1 aliphatic rings. The SMILES string of the molecule is CSc1ncc(CNC(=O)CC[C@H]2CCCCN2C)n1C. The first-order chi connectivity index (χ1) is 10.1. The topological polar surface area (TPSA) is 50.2 Å². The van der Waals surface area contributed by atoms with Crippen LogP contribution in [-0.2, 0) is 18.4 Å². The molecule has 21 heavy (non-hydrogen) atoms. The van der Waals surface area contributed by atoms with Gasteiger partial charge in [-0.25, -0.2) is 4.98 Å². The molecule has 5 nitrogen and oxygen atoms in total. The Morgan fingerprint density at radius 2 is 2.29 bits per heavy atom. The molecule has 2 rings (SSSR count). The van der Waals surface area contributed by atoms with Gasteiger partial charge in [0.15, 0.2) is 5.16 Å². The third kappa shape index (κ3) is 4.48. The lowest BCUT2D eigenvalue weighted by Gasteiger charge is -2.32. The molecule has 1 aromatic rings. The second-order valence-corrected chi connectivity index (χ2v) is 6.51. The highest BCUT2D eigenvalue weighted by Crippen LogP contribution is 2.19. The fourth-order valence-corrected chi connectivity index (χ4v) is 3.41. The normalized spacial score (nSPS) is 19.7. The lowest BCUT2D eigenvalue weighted by Crippen LogP contribution is -2.37. The maximum atomic E-state index is 12.0. The maximum Gasteiger partial charge on any atom is 0.220 e. The summed E-state index contributed by atoms with van der Waals surface area (Å²) in [6.45, 7) is 1.72. The van der Waals surface area contributed by atoms with Gasteiger partial charge in [-0.1, -0.05) is 18.2 Å². The molecule has 0 spiro atoms. The van der Waals surface area contributed by atoms with Gasteiger partial charge in [0.1, 0.15) is 0 Å². The Bertz CT molecular complexity index is 474. The molecular formula is C15H26N4OS. The van der Waals surface area contributed by atoms with Crippen LogP contribution in [-0.4, -0.2) is 46.2 Å². The van der Waals surface area contributed by atoms with Crippen molar-refractivity contribution in [1.82, 2.24) is 19.8 Å². The third-order valence-corrected chi connectivity index (χ3v) is 5.06. The Kier molecular flexibility index (Phi) is 6.11. The number of imidazole rings is 1. The van der Waals surface area contributed by atoms with Gasteiger partial charge in [-0.2, -0.15) is 0 Å². The summed E-state index contributed by atoms with van der Waals surface area (Å²) < 4.78 is 2.03. The summed E-state index contributed by atoms with van der Waals surface area (Å²) in [7, 11) is 4.15. The van der Waals surface area contributed by atoms with E-state index in [-0.39, 0.29) is 5.91 Å². The summed E-state index contributed by atoms with van der Waals surface area (Å²) in [4.78, 5) is 18.7. The van der Waals surface area contributed by atoms with Gasteiger partial charge in [0.05, 0.1) is 18.4 Å². The van der Waals surface area contributed by atoms with E-state index in [0.717, 1.165) is 17.3 Å². The summed E-state index contributed by atoms with van der Waals surface area (Å²) in [5.74, 6) is 0.140. The number of thioether (sulfide) groups is 1. The van der Waals surface area contributed by atoms with Crippen molar-refractivity contribution >= 4 is 17.7 Å². The van der Waals surface area contributed by atoms with Crippen LogP contribution in [0.1, 0.15) is 37.8 Å². The summed E-state index contributed by atoms with van der Waals surface area (Å²) in [5, 5.41) is 3.98. The molecule has 0 unspecified atom stereocenters. The van der Waals surface area contributed by atoms with Gasteiger partial charge in [0, 0.05) is 19.5 Å². The molecule has 118 valence electrons. The summed E-state index contributed by atoms with van der Waals surface area (Å²) >= 11 is 1.61. The van der Waals surface area contributed by atoms with E-state index in [4.69, 9.17) is 0 Å². The van der Waals surface area contributed by atoms with Crippen LogP contribution in [0, 0.1) is 0 Å². The maximum absolute atomic E-state index is 12.0. The van der Waals surface area contributed by atoms with E-state index in [1.165, 1.54) is 25.8 Å². The molecule has 1 aromatic heterocycles. The lowest BCUT2D eigenvalue weighted by atomic mass is 9.98. The first-order valence-electron chi connectivity index (χ1n) is 7.63. The highest BCUT2D eigenvalue weighted by atomic mass is 32.2. The first kappa shape index (κ1) is 16.4. The quantitative estimate of drug-likeness (QED) is 0.817. The standard InChI is InChI=1S/C15H26N4OS/c1-18-9-5-4-6-12(18)7-8-14(20)16-10-13-11-17-15(21-3)19(13)2/h11-12H,4-10H2,1-3H3,(H,16,20)/t12-/m1/s1. The average Bonchev–Trinajstić information content (AvgIpc) is 2.84. The van der Waals surface area contributed by atoms with Crippen LogP contribution in [0.25, 0.3) is 0 Å². The number of aromatic nitrogens is 2. The number of nitrogens with one attached hydrogen (secondary N) is 1. The summed E-state index contributed by atoms with van der Waals surface area (Å²) in [6.07, 6.45) is 9.22. The van der Waals surface area contributed by atoms with Gasteiger partial charge in [-0.3, -0.25) is 4.79 Å². The number of hydrogen-bond acceptors (Lipinski definition) is 4. The van der Waals surface area contributed by atoms with Crippen LogP contribution in [0.4, 0.5) is 0 Å². The van der Waals surface area contributed by atoms with Crippen LogP contribution in [0.15, 0.2) is 11.4 Å². The number of piperidine rings is 1. The molecule has 0 aromatic carbocycles. The second kappa shape index (κ2) is 7.84. The van der Waals surface area contributed by atoms with Crippen molar-refractivity contribution in [2.24, 2.45) is 7.05 Å². The molecule has 1 amide bonds. The van der Waals surface area contributed by atoms with Crippen molar-refractivity contribution in [3.63, 3.8) is 0 Å². The average molecular weight is 310 g/mol. The monoisotopic (exact) mass is 310 g/mol. The highest BCUT2D eigenvalue weighted by molar-refractivity contribution is 7.98. The molecule has 2 heterocycles. The zero-order valence-electron chi connectivity index (χ0n) is 13.3. The molecule has 1 fully saturated rings.